The van der Waals surface area contributed by atoms with Gasteiger partial charge < -0.3 is 15.8 Å². The van der Waals surface area contributed by atoms with Crippen molar-refractivity contribution >= 4 is 11.6 Å². The van der Waals surface area contributed by atoms with E-state index in [1.54, 1.807) is 13.2 Å². The molecule has 0 aromatic heterocycles. The molecule has 2 aromatic carbocycles. The number of nitro groups is 1. The first-order valence-electron chi connectivity index (χ1n) is 8.45. The van der Waals surface area contributed by atoms with E-state index >= 15 is 0 Å². The molecule has 0 bridgehead atoms. The Kier molecular flexibility index (Phi) is 5.18. The summed E-state index contributed by atoms with van der Waals surface area (Å²) >= 11 is 0. The molecule has 0 radical (unpaired) electrons. The number of nitro benzene ring substituents is 1. The standard InChI is InChI=1S/C19H21N3O4/c1-26-18-7-5-13(16(11-20)17-6-8-19(23)21-17)10-15(18)12-3-2-4-14(9-12)22(24)25/h2-5,7,9-10,16-17H,6,8,11,20H2,1H3,(H,21,23)/t16?,17-/m1/s1. The number of nitrogens with two attached hydrogens (primary N) is 1. The van der Waals surface area contributed by atoms with Gasteiger partial charge in [0.25, 0.3) is 5.69 Å². The van der Waals surface area contributed by atoms with Gasteiger partial charge in [-0.15, -0.1) is 0 Å². The Hall–Kier alpha value is -2.93. The molecule has 3 rings (SSSR count). The number of non-ortho nitro benzene ring substituents is 1. The quantitative estimate of drug-likeness (QED) is 0.612. The molecular formula is C19H21N3O4. The van der Waals surface area contributed by atoms with E-state index in [2.05, 4.69) is 5.32 Å². The van der Waals surface area contributed by atoms with Gasteiger partial charge in [0, 0.05) is 42.6 Å². The monoisotopic (exact) mass is 355 g/mol. The van der Waals surface area contributed by atoms with E-state index in [1.807, 2.05) is 24.3 Å². The second-order valence-corrected chi connectivity index (χ2v) is 6.32. The van der Waals surface area contributed by atoms with Gasteiger partial charge in [0.1, 0.15) is 5.75 Å². The second-order valence-electron chi connectivity index (χ2n) is 6.32. The van der Waals surface area contributed by atoms with Crippen LogP contribution in [0, 0.1) is 10.1 Å². The van der Waals surface area contributed by atoms with E-state index in [9.17, 15) is 14.9 Å². The van der Waals surface area contributed by atoms with Gasteiger partial charge in [0.15, 0.2) is 0 Å². The van der Waals surface area contributed by atoms with Crippen LogP contribution >= 0.6 is 0 Å². The number of nitrogens with zero attached hydrogens (tertiary/aromatic N) is 1. The third kappa shape index (κ3) is 3.52. The van der Waals surface area contributed by atoms with Crippen LogP contribution in [0.2, 0.25) is 0 Å². The van der Waals surface area contributed by atoms with Gasteiger partial charge in [-0.2, -0.15) is 0 Å². The van der Waals surface area contributed by atoms with E-state index in [-0.39, 0.29) is 23.6 Å². The topological polar surface area (TPSA) is 107 Å². The summed E-state index contributed by atoms with van der Waals surface area (Å²) in [6.45, 7) is 0.394. The lowest BCUT2D eigenvalue weighted by Gasteiger charge is -2.23. The third-order valence-electron chi connectivity index (χ3n) is 4.79. The molecule has 0 aliphatic carbocycles. The van der Waals surface area contributed by atoms with Crippen LogP contribution in [-0.2, 0) is 4.79 Å². The number of amides is 1. The zero-order valence-electron chi connectivity index (χ0n) is 14.5. The van der Waals surface area contributed by atoms with Crippen LogP contribution in [0.1, 0.15) is 24.3 Å². The van der Waals surface area contributed by atoms with E-state index in [0.717, 1.165) is 17.5 Å². The van der Waals surface area contributed by atoms with Crippen molar-refractivity contribution < 1.29 is 14.5 Å². The highest BCUT2D eigenvalue weighted by atomic mass is 16.6. The average molecular weight is 355 g/mol. The van der Waals surface area contributed by atoms with Gasteiger partial charge in [-0.1, -0.05) is 18.2 Å². The molecule has 26 heavy (non-hydrogen) atoms. The summed E-state index contributed by atoms with van der Waals surface area (Å²) in [6.07, 6.45) is 1.26. The van der Waals surface area contributed by atoms with Crippen molar-refractivity contribution in [2.24, 2.45) is 5.73 Å². The third-order valence-corrected chi connectivity index (χ3v) is 4.79. The molecule has 1 heterocycles. The summed E-state index contributed by atoms with van der Waals surface area (Å²) in [6, 6.07) is 12.1. The van der Waals surface area contributed by atoms with E-state index in [4.69, 9.17) is 10.5 Å². The maximum Gasteiger partial charge on any atom is 0.270 e. The van der Waals surface area contributed by atoms with Crippen molar-refractivity contribution in [3.8, 4) is 16.9 Å². The molecule has 1 saturated heterocycles. The summed E-state index contributed by atoms with van der Waals surface area (Å²) in [5, 5.41) is 14.1. The van der Waals surface area contributed by atoms with Crippen molar-refractivity contribution in [3.05, 3.63) is 58.1 Å². The first-order valence-corrected chi connectivity index (χ1v) is 8.45. The van der Waals surface area contributed by atoms with Crippen LogP contribution in [0.3, 0.4) is 0 Å². The maximum atomic E-state index is 11.6. The zero-order chi connectivity index (χ0) is 18.7. The lowest BCUT2D eigenvalue weighted by Crippen LogP contribution is -2.35. The van der Waals surface area contributed by atoms with E-state index in [1.165, 1.54) is 12.1 Å². The molecule has 2 atom stereocenters. The van der Waals surface area contributed by atoms with Gasteiger partial charge in [-0.25, -0.2) is 0 Å². The largest absolute Gasteiger partial charge is 0.496 e. The van der Waals surface area contributed by atoms with E-state index in [0.29, 0.717) is 24.3 Å². The summed E-state index contributed by atoms with van der Waals surface area (Å²) in [5.41, 5.74) is 8.44. The highest BCUT2D eigenvalue weighted by Crippen LogP contribution is 2.36. The van der Waals surface area contributed by atoms with Crippen LogP contribution in [-0.4, -0.2) is 30.5 Å². The minimum Gasteiger partial charge on any atom is -0.496 e. The molecular weight excluding hydrogens is 334 g/mol. The minimum absolute atomic E-state index is 0.00106. The fraction of sp³-hybridized carbons (Fsp3) is 0.316. The number of carbonyl (C=O) groups is 1. The molecule has 136 valence electrons. The first-order chi connectivity index (χ1) is 12.5. The van der Waals surface area contributed by atoms with Crippen LogP contribution in [0.5, 0.6) is 5.75 Å². The van der Waals surface area contributed by atoms with Crippen LogP contribution < -0.4 is 15.8 Å². The van der Waals surface area contributed by atoms with Gasteiger partial charge >= 0.3 is 0 Å². The highest BCUT2D eigenvalue weighted by Gasteiger charge is 2.29. The summed E-state index contributed by atoms with van der Waals surface area (Å²) in [7, 11) is 1.56. The number of ether oxygens (including phenoxy) is 1. The molecule has 1 amide bonds. The summed E-state index contributed by atoms with van der Waals surface area (Å²) in [4.78, 5) is 22.2. The summed E-state index contributed by atoms with van der Waals surface area (Å²) in [5.74, 6) is 0.645. The minimum atomic E-state index is -0.420. The summed E-state index contributed by atoms with van der Waals surface area (Å²) < 4.78 is 5.44. The van der Waals surface area contributed by atoms with Crippen molar-refractivity contribution in [1.29, 1.82) is 0 Å². The molecule has 7 heteroatoms. The number of nitrogens with one attached hydrogen (secondary N) is 1. The smallest absolute Gasteiger partial charge is 0.270 e. The predicted octanol–water partition coefficient (Wildman–Crippen LogP) is 2.59. The SMILES string of the molecule is COc1ccc(C(CN)[C@H]2CCC(=O)N2)cc1-c1cccc([N+](=O)[O-])c1. The lowest BCUT2D eigenvalue weighted by molar-refractivity contribution is -0.384. The fourth-order valence-corrected chi connectivity index (χ4v) is 3.44. The Bertz CT molecular complexity index is 837. The lowest BCUT2D eigenvalue weighted by atomic mass is 9.88. The van der Waals surface area contributed by atoms with Crippen molar-refractivity contribution in [1.82, 2.24) is 5.32 Å². The van der Waals surface area contributed by atoms with E-state index < -0.39 is 4.92 Å². The zero-order valence-corrected chi connectivity index (χ0v) is 14.5. The Labute approximate surface area is 151 Å². The van der Waals surface area contributed by atoms with Gasteiger partial charge in [-0.05, 0) is 29.7 Å². The number of methoxy groups -OCH3 is 1. The fourth-order valence-electron chi connectivity index (χ4n) is 3.44. The normalized spacial score (nSPS) is 17.6. The highest BCUT2D eigenvalue weighted by molar-refractivity contribution is 5.79. The molecule has 1 fully saturated rings. The van der Waals surface area contributed by atoms with Crippen LogP contribution in [0.4, 0.5) is 5.69 Å². The molecule has 2 aromatic rings. The van der Waals surface area contributed by atoms with Crippen molar-refractivity contribution in [3.63, 3.8) is 0 Å². The molecule has 7 nitrogen and oxygen atoms in total. The average Bonchev–Trinajstić information content (AvgIpc) is 3.08. The maximum absolute atomic E-state index is 11.6. The number of rotatable bonds is 6. The first kappa shape index (κ1) is 17.9. The molecule has 3 N–H and O–H groups in total. The van der Waals surface area contributed by atoms with Gasteiger partial charge in [0.2, 0.25) is 5.91 Å². The Morgan fingerprint density at radius 1 is 1.35 bits per heavy atom. The van der Waals surface area contributed by atoms with Crippen LogP contribution in [0.15, 0.2) is 42.5 Å². The van der Waals surface area contributed by atoms with Gasteiger partial charge in [0.05, 0.1) is 12.0 Å². The van der Waals surface area contributed by atoms with Crippen molar-refractivity contribution in [2.45, 2.75) is 24.8 Å². The van der Waals surface area contributed by atoms with Gasteiger partial charge in [-0.3, -0.25) is 14.9 Å². The van der Waals surface area contributed by atoms with Crippen LogP contribution in [0.25, 0.3) is 11.1 Å². The number of benzene rings is 2. The number of hydrogen-bond acceptors (Lipinski definition) is 5. The molecule has 1 aliphatic heterocycles. The molecule has 0 saturated carbocycles. The second kappa shape index (κ2) is 7.53. The van der Waals surface area contributed by atoms with Crippen molar-refractivity contribution in [2.75, 3.05) is 13.7 Å². The Balaban J connectivity index is 2.02. The molecule has 1 aliphatic rings. The molecule has 0 spiro atoms. The Morgan fingerprint density at radius 3 is 2.77 bits per heavy atom. The molecule has 1 unspecified atom stereocenters. The number of hydrogen-bond donors (Lipinski definition) is 2. The predicted molar refractivity (Wildman–Crippen MR) is 98.0 cm³/mol. The number of carbonyl (C=O) groups excluding carboxylic acids is 1. The Morgan fingerprint density at radius 2 is 2.15 bits per heavy atom.